The summed E-state index contributed by atoms with van der Waals surface area (Å²) < 4.78 is 13.3. The summed E-state index contributed by atoms with van der Waals surface area (Å²) in [6, 6.07) is 12.0. The third-order valence-corrected chi connectivity index (χ3v) is 5.23. The van der Waals surface area contributed by atoms with Gasteiger partial charge in [0.15, 0.2) is 0 Å². The highest BCUT2D eigenvalue weighted by molar-refractivity contribution is 6.03. The molecule has 1 unspecified atom stereocenters. The largest absolute Gasteiger partial charge is 0.388 e. The maximum Gasteiger partial charge on any atom is 0.255 e. The van der Waals surface area contributed by atoms with Crippen molar-refractivity contribution in [3.05, 3.63) is 65.5 Å². The van der Waals surface area contributed by atoms with Crippen molar-refractivity contribution in [2.24, 2.45) is 11.7 Å². The predicted molar refractivity (Wildman–Crippen MR) is 109 cm³/mol. The molecule has 0 bridgehead atoms. The van der Waals surface area contributed by atoms with E-state index < -0.39 is 17.8 Å². The van der Waals surface area contributed by atoms with Crippen LogP contribution in [0, 0.1) is 11.7 Å². The number of carbonyl (C=O) groups excluding carboxylic acids is 3. The van der Waals surface area contributed by atoms with E-state index in [2.05, 4.69) is 5.32 Å². The summed E-state index contributed by atoms with van der Waals surface area (Å²) in [4.78, 5) is 38.3. The van der Waals surface area contributed by atoms with Crippen molar-refractivity contribution >= 4 is 23.4 Å². The lowest BCUT2D eigenvalue weighted by Gasteiger charge is -2.31. The Morgan fingerprint density at radius 3 is 2.50 bits per heavy atom. The quantitative estimate of drug-likeness (QED) is 0.674. The van der Waals surface area contributed by atoms with Crippen molar-refractivity contribution in [2.45, 2.75) is 25.4 Å². The molecule has 3 rings (SSSR count). The number of nitrogens with zero attached hydrogens (tertiary/aromatic N) is 1. The minimum atomic E-state index is -1.17. The number of hydrogen-bond donors (Lipinski definition) is 3. The van der Waals surface area contributed by atoms with Gasteiger partial charge in [-0.25, -0.2) is 4.39 Å². The molecule has 0 spiro atoms. The summed E-state index contributed by atoms with van der Waals surface area (Å²) in [5.74, 6) is -1.83. The van der Waals surface area contributed by atoms with Crippen molar-refractivity contribution in [2.75, 3.05) is 18.4 Å². The Kier molecular flexibility index (Phi) is 6.79. The molecule has 1 aliphatic rings. The van der Waals surface area contributed by atoms with Gasteiger partial charge in [-0.1, -0.05) is 24.3 Å². The van der Waals surface area contributed by atoms with Crippen LogP contribution in [0.1, 0.15) is 41.3 Å². The van der Waals surface area contributed by atoms with Crippen LogP contribution in [0.2, 0.25) is 0 Å². The van der Waals surface area contributed by atoms with E-state index >= 15 is 0 Å². The molecule has 7 nitrogen and oxygen atoms in total. The molecule has 2 aromatic rings. The number of hydrogen-bond acceptors (Lipinski definition) is 4. The first kappa shape index (κ1) is 21.4. The molecular weight excluding hydrogens is 389 g/mol. The van der Waals surface area contributed by atoms with Gasteiger partial charge in [0.1, 0.15) is 5.82 Å². The van der Waals surface area contributed by atoms with Gasteiger partial charge in [-0.2, -0.15) is 0 Å². The zero-order chi connectivity index (χ0) is 21.7. The van der Waals surface area contributed by atoms with Crippen LogP contribution in [0.5, 0.6) is 0 Å². The van der Waals surface area contributed by atoms with Crippen molar-refractivity contribution in [1.82, 2.24) is 4.90 Å². The molecule has 0 aliphatic carbocycles. The highest BCUT2D eigenvalue weighted by Gasteiger charge is 2.27. The Morgan fingerprint density at radius 1 is 1.13 bits per heavy atom. The highest BCUT2D eigenvalue weighted by Crippen LogP contribution is 2.24. The van der Waals surface area contributed by atoms with Gasteiger partial charge in [0.2, 0.25) is 11.8 Å². The smallest absolute Gasteiger partial charge is 0.255 e. The fraction of sp³-hybridized carbons (Fsp3) is 0.318. The number of likely N-dealkylation sites (tertiary alicyclic amines) is 1. The lowest BCUT2D eigenvalue weighted by molar-refractivity contribution is -0.123. The van der Waals surface area contributed by atoms with Crippen LogP contribution < -0.4 is 11.1 Å². The van der Waals surface area contributed by atoms with Crippen LogP contribution in [-0.2, 0) is 9.59 Å². The molecular formula is C22H24FN3O4. The van der Waals surface area contributed by atoms with Gasteiger partial charge in [-0.3, -0.25) is 14.4 Å². The molecule has 1 aliphatic heterocycles. The average Bonchev–Trinajstić information content (AvgIpc) is 2.73. The number of amides is 3. The number of rotatable bonds is 6. The molecule has 1 fully saturated rings. The van der Waals surface area contributed by atoms with Gasteiger partial charge >= 0.3 is 0 Å². The first-order chi connectivity index (χ1) is 14.3. The van der Waals surface area contributed by atoms with Crippen molar-refractivity contribution in [3.8, 4) is 0 Å². The van der Waals surface area contributed by atoms with Crippen LogP contribution in [0.25, 0.3) is 0 Å². The lowest BCUT2D eigenvalue weighted by Crippen LogP contribution is -2.42. The van der Waals surface area contributed by atoms with Crippen LogP contribution in [0.15, 0.2) is 48.5 Å². The number of primary amides is 1. The number of aliphatic hydroxyl groups excluding tert-OH is 1. The van der Waals surface area contributed by atoms with E-state index in [-0.39, 0.29) is 24.2 Å². The fourth-order valence-electron chi connectivity index (χ4n) is 3.52. The van der Waals surface area contributed by atoms with Gasteiger partial charge < -0.3 is 21.1 Å². The number of halogens is 1. The minimum absolute atomic E-state index is 0.228. The summed E-state index contributed by atoms with van der Waals surface area (Å²) in [7, 11) is 0. The Balaban J connectivity index is 1.65. The summed E-state index contributed by atoms with van der Waals surface area (Å²) in [5, 5.41) is 12.9. The normalized spacial score (nSPS) is 15.5. The van der Waals surface area contributed by atoms with Crippen molar-refractivity contribution in [1.29, 1.82) is 0 Å². The minimum Gasteiger partial charge on any atom is -0.388 e. The van der Waals surface area contributed by atoms with Gasteiger partial charge in [0.05, 0.1) is 23.8 Å². The zero-order valence-corrected chi connectivity index (χ0v) is 16.4. The molecule has 0 radical (unpaired) electrons. The van der Waals surface area contributed by atoms with Gasteiger partial charge in [0.25, 0.3) is 5.91 Å². The van der Waals surface area contributed by atoms with Crippen molar-refractivity contribution in [3.63, 3.8) is 0 Å². The Labute approximate surface area is 173 Å². The van der Waals surface area contributed by atoms with Gasteiger partial charge in [-0.15, -0.1) is 0 Å². The monoisotopic (exact) mass is 413 g/mol. The second kappa shape index (κ2) is 9.49. The SMILES string of the molecule is NC(=O)C1CCN(C(=O)c2ccccc2NC(=O)CC(O)c2cccc(F)c2)CC1. The van der Waals surface area contributed by atoms with Crippen LogP contribution in [0.4, 0.5) is 10.1 Å². The Bertz CT molecular complexity index is 941. The molecule has 1 atom stereocenters. The molecule has 8 heteroatoms. The third-order valence-electron chi connectivity index (χ3n) is 5.23. The maximum atomic E-state index is 13.3. The van der Waals surface area contributed by atoms with E-state index in [1.807, 2.05) is 0 Å². The van der Waals surface area contributed by atoms with E-state index in [1.165, 1.54) is 24.3 Å². The molecule has 0 saturated carbocycles. The second-order valence-electron chi connectivity index (χ2n) is 7.34. The Morgan fingerprint density at radius 2 is 1.83 bits per heavy atom. The van der Waals surface area contributed by atoms with Gasteiger partial charge in [0, 0.05) is 19.0 Å². The molecule has 4 N–H and O–H groups in total. The number of piperidine rings is 1. The molecule has 1 saturated heterocycles. The maximum absolute atomic E-state index is 13.3. The van der Waals surface area contributed by atoms with Gasteiger partial charge in [-0.05, 0) is 42.7 Å². The van der Waals surface area contributed by atoms with Crippen LogP contribution in [0.3, 0.4) is 0 Å². The molecule has 158 valence electrons. The van der Waals surface area contributed by atoms with E-state index in [0.717, 1.165) is 0 Å². The first-order valence-corrected chi connectivity index (χ1v) is 9.76. The number of nitrogens with two attached hydrogens (primary N) is 1. The summed E-state index contributed by atoms with van der Waals surface area (Å²) in [6.07, 6.45) is -0.433. The highest BCUT2D eigenvalue weighted by atomic mass is 19.1. The second-order valence-corrected chi connectivity index (χ2v) is 7.34. The fourth-order valence-corrected chi connectivity index (χ4v) is 3.52. The summed E-state index contributed by atoms with van der Waals surface area (Å²) in [5.41, 5.74) is 6.29. The van der Waals surface area contributed by atoms with Crippen LogP contribution in [-0.4, -0.2) is 40.8 Å². The Hall–Kier alpha value is -3.26. The number of nitrogens with one attached hydrogen (secondary N) is 1. The van der Waals surface area contributed by atoms with Crippen molar-refractivity contribution < 1.29 is 23.9 Å². The zero-order valence-electron chi connectivity index (χ0n) is 16.4. The third kappa shape index (κ3) is 5.21. The number of benzene rings is 2. The molecule has 0 aromatic heterocycles. The number of anilines is 1. The van der Waals surface area contributed by atoms with E-state index in [0.29, 0.717) is 42.7 Å². The van der Waals surface area contributed by atoms with E-state index in [1.54, 1.807) is 29.2 Å². The number of aliphatic hydroxyl groups is 1. The van der Waals surface area contributed by atoms with Crippen LogP contribution >= 0.6 is 0 Å². The molecule has 30 heavy (non-hydrogen) atoms. The lowest BCUT2D eigenvalue weighted by atomic mass is 9.95. The number of carbonyl (C=O) groups is 3. The molecule has 2 aromatic carbocycles. The average molecular weight is 413 g/mol. The molecule has 3 amide bonds. The number of para-hydroxylation sites is 1. The standard InChI is InChI=1S/C22H24FN3O4/c23-16-5-3-4-15(12-16)19(27)13-20(28)25-18-7-2-1-6-17(18)22(30)26-10-8-14(9-11-26)21(24)29/h1-7,12,14,19,27H,8-11,13H2,(H2,24,29)(H,25,28). The van der Waals surface area contributed by atoms with E-state index in [4.69, 9.17) is 5.73 Å². The summed E-state index contributed by atoms with van der Waals surface area (Å²) >= 11 is 0. The summed E-state index contributed by atoms with van der Waals surface area (Å²) in [6.45, 7) is 0.819. The first-order valence-electron chi connectivity index (χ1n) is 9.76. The van der Waals surface area contributed by atoms with E-state index in [9.17, 15) is 23.9 Å². The molecule has 1 heterocycles. The predicted octanol–water partition coefficient (Wildman–Crippen LogP) is 2.23. The topological polar surface area (TPSA) is 113 Å².